The van der Waals surface area contributed by atoms with Crippen molar-refractivity contribution in [1.82, 2.24) is 20.5 Å². The summed E-state index contributed by atoms with van der Waals surface area (Å²) in [5.41, 5.74) is 0.867. The van der Waals surface area contributed by atoms with Crippen molar-refractivity contribution in [2.75, 3.05) is 33.7 Å². The fraction of sp³-hybridized carbons (Fsp3) is 0.562. The van der Waals surface area contributed by atoms with E-state index in [-0.39, 0.29) is 24.2 Å². The van der Waals surface area contributed by atoms with Gasteiger partial charge in [-0.3, -0.25) is 14.6 Å². The SMILES string of the molecule is CNCCC1CCN(C(=O)c2ccc(C(=O)NC)nc2)CC1.Cl. The van der Waals surface area contributed by atoms with Gasteiger partial charge in [-0.1, -0.05) is 0 Å². The molecule has 1 aliphatic heterocycles. The van der Waals surface area contributed by atoms with Crippen LogP contribution in [0.5, 0.6) is 0 Å². The van der Waals surface area contributed by atoms with Crippen molar-refractivity contribution in [2.24, 2.45) is 5.92 Å². The maximum Gasteiger partial charge on any atom is 0.269 e. The number of aromatic nitrogens is 1. The lowest BCUT2D eigenvalue weighted by molar-refractivity contribution is 0.0686. The molecule has 2 amide bonds. The maximum absolute atomic E-state index is 12.4. The second kappa shape index (κ2) is 9.47. The van der Waals surface area contributed by atoms with Crippen molar-refractivity contribution in [1.29, 1.82) is 0 Å². The van der Waals surface area contributed by atoms with Gasteiger partial charge in [0.1, 0.15) is 5.69 Å². The summed E-state index contributed by atoms with van der Waals surface area (Å²) in [4.78, 5) is 29.8. The summed E-state index contributed by atoms with van der Waals surface area (Å²) in [6.45, 7) is 2.62. The summed E-state index contributed by atoms with van der Waals surface area (Å²) < 4.78 is 0. The molecule has 0 saturated carbocycles. The summed E-state index contributed by atoms with van der Waals surface area (Å²) in [5, 5.41) is 5.69. The van der Waals surface area contributed by atoms with Gasteiger partial charge in [0, 0.05) is 26.3 Å². The van der Waals surface area contributed by atoms with Gasteiger partial charge >= 0.3 is 0 Å². The smallest absolute Gasteiger partial charge is 0.269 e. The minimum atomic E-state index is -0.246. The molecule has 0 spiro atoms. The first-order chi connectivity index (χ1) is 10.7. The van der Waals surface area contributed by atoms with Gasteiger partial charge in [0.2, 0.25) is 0 Å². The predicted molar refractivity (Wildman–Crippen MR) is 92.0 cm³/mol. The summed E-state index contributed by atoms with van der Waals surface area (Å²) in [6, 6.07) is 3.26. The zero-order valence-corrected chi connectivity index (χ0v) is 14.5. The Bertz CT molecular complexity index is 513. The number of piperidine rings is 1. The summed E-state index contributed by atoms with van der Waals surface area (Å²) in [5.74, 6) is 0.456. The Balaban J connectivity index is 0.00000264. The van der Waals surface area contributed by atoms with E-state index in [1.165, 1.54) is 12.6 Å². The molecule has 1 saturated heterocycles. The van der Waals surface area contributed by atoms with E-state index in [1.807, 2.05) is 11.9 Å². The minimum absolute atomic E-state index is 0. The third kappa shape index (κ3) is 5.18. The highest BCUT2D eigenvalue weighted by Crippen LogP contribution is 2.21. The molecule has 1 aliphatic rings. The van der Waals surface area contributed by atoms with Crippen LogP contribution in [0.1, 0.15) is 40.1 Å². The maximum atomic E-state index is 12.4. The second-order valence-corrected chi connectivity index (χ2v) is 5.64. The normalized spacial score (nSPS) is 15.0. The van der Waals surface area contributed by atoms with Crippen LogP contribution in [0, 0.1) is 5.92 Å². The molecule has 128 valence electrons. The van der Waals surface area contributed by atoms with Gasteiger partial charge in [-0.15, -0.1) is 12.4 Å². The Kier molecular flexibility index (Phi) is 7.98. The van der Waals surface area contributed by atoms with Crippen molar-refractivity contribution in [3.63, 3.8) is 0 Å². The standard InChI is InChI=1S/C16H24N4O2.ClH/c1-17-8-5-12-6-9-20(10-7-12)16(22)13-3-4-14(19-11-13)15(21)18-2;/h3-4,11-12,17H,5-10H2,1-2H3,(H,18,21);1H. The molecule has 1 aromatic heterocycles. The Morgan fingerprint density at radius 1 is 1.26 bits per heavy atom. The highest BCUT2D eigenvalue weighted by Gasteiger charge is 2.23. The summed E-state index contributed by atoms with van der Waals surface area (Å²) >= 11 is 0. The number of amides is 2. The van der Waals surface area contributed by atoms with Crippen LogP contribution in [0.25, 0.3) is 0 Å². The third-order valence-corrected chi connectivity index (χ3v) is 4.17. The van der Waals surface area contributed by atoms with E-state index in [0.717, 1.165) is 32.5 Å². The lowest BCUT2D eigenvalue weighted by Crippen LogP contribution is -2.39. The molecule has 0 atom stereocenters. The average Bonchev–Trinajstić information content (AvgIpc) is 2.59. The lowest BCUT2D eigenvalue weighted by atomic mass is 9.93. The van der Waals surface area contributed by atoms with Crippen molar-refractivity contribution in [2.45, 2.75) is 19.3 Å². The minimum Gasteiger partial charge on any atom is -0.354 e. The van der Waals surface area contributed by atoms with Crippen LogP contribution in [-0.2, 0) is 0 Å². The first-order valence-corrected chi connectivity index (χ1v) is 7.77. The van der Waals surface area contributed by atoms with Crippen LogP contribution >= 0.6 is 12.4 Å². The van der Waals surface area contributed by atoms with Gasteiger partial charge < -0.3 is 15.5 Å². The van der Waals surface area contributed by atoms with Crippen molar-refractivity contribution in [3.05, 3.63) is 29.6 Å². The number of halogens is 1. The Morgan fingerprint density at radius 2 is 1.96 bits per heavy atom. The Hall–Kier alpha value is -1.66. The van der Waals surface area contributed by atoms with Crippen LogP contribution in [0.3, 0.4) is 0 Å². The number of nitrogens with one attached hydrogen (secondary N) is 2. The molecule has 23 heavy (non-hydrogen) atoms. The molecule has 0 radical (unpaired) electrons. The summed E-state index contributed by atoms with van der Waals surface area (Å²) in [7, 11) is 3.52. The highest BCUT2D eigenvalue weighted by atomic mass is 35.5. The molecule has 2 rings (SSSR count). The van der Waals surface area contributed by atoms with Gasteiger partial charge in [0.15, 0.2) is 0 Å². The van der Waals surface area contributed by atoms with E-state index < -0.39 is 0 Å². The number of hydrogen-bond donors (Lipinski definition) is 2. The molecule has 0 aromatic carbocycles. The molecule has 1 aromatic rings. The molecule has 6 nitrogen and oxygen atoms in total. The zero-order valence-electron chi connectivity index (χ0n) is 13.7. The zero-order chi connectivity index (χ0) is 15.9. The molecule has 0 bridgehead atoms. The number of hydrogen-bond acceptors (Lipinski definition) is 4. The molecular weight excluding hydrogens is 316 g/mol. The van der Waals surface area contributed by atoms with Crippen LogP contribution in [-0.4, -0.2) is 55.4 Å². The number of carbonyl (C=O) groups is 2. The van der Waals surface area contributed by atoms with Crippen molar-refractivity contribution >= 4 is 24.2 Å². The fourth-order valence-electron chi connectivity index (χ4n) is 2.74. The molecular formula is C16H25ClN4O2. The first-order valence-electron chi connectivity index (χ1n) is 7.77. The fourth-order valence-corrected chi connectivity index (χ4v) is 2.74. The number of carbonyl (C=O) groups excluding carboxylic acids is 2. The summed E-state index contributed by atoms with van der Waals surface area (Å²) in [6.07, 6.45) is 4.76. The monoisotopic (exact) mass is 340 g/mol. The molecule has 2 N–H and O–H groups in total. The van der Waals surface area contributed by atoms with Gasteiger partial charge in [0.25, 0.3) is 11.8 Å². The van der Waals surface area contributed by atoms with Gasteiger partial charge in [-0.25, -0.2) is 0 Å². The Morgan fingerprint density at radius 3 is 2.48 bits per heavy atom. The second-order valence-electron chi connectivity index (χ2n) is 5.64. The third-order valence-electron chi connectivity index (χ3n) is 4.17. The number of nitrogens with zero attached hydrogens (tertiary/aromatic N) is 2. The first kappa shape index (κ1) is 19.4. The molecule has 1 fully saturated rings. The average molecular weight is 341 g/mol. The lowest BCUT2D eigenvalue weighted by Gasteiger charge is -2.32. The van der Waals surface area contributed by atoms with Gasteiger partial charge in [-0.2, -0.15) is 0 Å². The van der Waals surface area contributed by atoms with Gasteiger partial charge in [0.05, 0.1) is 5.56 Å². The number of likely N-dealkylation sites (tertiary alicyclic amines) is 1. The highest BCUT2D eigenvalue weighted by molar-refractivity contribution is 5.96. The predicted octanol–water partition coefficient (Wildman–Crippen LogP) is 1.32. The van der Waals surface area contributed by atoms with Gasteiger partial charge in [-0.05, 0) is 50.9 Å². The van der Waals surface area contributed by atoms with E-state index in [9.17, 15) is 9.59 Å². The van der Waals surface area contributed by atoms with E-state index in [2.05, 4.69) is 15.6 Å². The van der Waals surface area contributed by atoms with E-state index in [1.54, 1.807) is 19.2 Å². The number of rotatable bonds is 5. The molecule has 0 unspecified atom stereocenters. The molecule has 0 aliphatic carbocycles. The topological polar surface area (TPSA) is 74.3 Å². The largest absolute Gasteiger partial charge is 0.354 e. The van der Waals surface area contributed by atoms with Crippen LogP contribution in [0.2, 0.25) is 0 Å². The van der Waals surface area contributed by atoms with Crippen LogP contribution < -0.4 is 10.6 Å². The van der Waals surface area contributed by atoms with Crippen molar-refractivity contribution in [3.8, 4) is 0 Å². The molecule has 2 heterocycles. The molecule has 7 heteroatoms. The Labute approximate surface area is 143 Å². The quantitative estimate of drug-likeness (QED) is 0.848. The number of pyridine rings is 1. The van der Waals surface area contributed by atoms with Crippen LogP contribution in [0.4, 0.5) is 0 Å². The van der Waals surface area contributed by atoms with Crippen LogP contribution in [0.15, 0.2) is 18.3 Å². The van der Waals surface area contributed by atoms with E-state index in [4.69, 9.17) is 0 Å². The van der Waals surface area contributed by atoms with E-state index >= 15 is 0 Å². The van der Waals surface area contributed by atoms with E-state index in [0.29, 0.717) is 17.2 Å². The van der Waals surface area contributed by atoms with Crippen molar-refractivity contribution < 1.29 is 9.59 Å².